The molecule has 0 unspecified atom stereocenters. The number of ether oxygens (including phenoxy) is 1. The maximum absolute atomic E-state index is 12.3. The van der Waals surface area contributed by atoms with E-state index in [1.165, 1.54) is 0 Å². The van der Waals surface area contributed by atoms with Gasteiger partial charge in [0.1, 0.15) is 11.6 Å². The van der Waals surface area contributed by atoms with Crippen molar-refractivity contribution < 1.29 is 9.53 Å². The zero-order valence-corrected chi connectivity index (χ0v) is 11.3. The van der Waals surface area contributed by atoms with Gasteiger partial charge in [-0.25, -0.2) is 4.98 Å². The van der Waals surface area contributed by atoms with Crippen LogP contribution in [0, 0.1) is 0 Å². The standard InChI is InChI=1S/C15H18N2O2/c1-3-17-10-9-16-15(17)11-13(18)12-7-5-6-8-14(12)19-4-2/h5-10H,3-4,11H2,1-2H3. The molecule has 19 heavy (non-hydrogen) atoms. The number of benzene rings is 1. The highest BCUT2D eigenvalue weighted by atomic mass is 16.5. The summed E-state index contributed by atoms with van der Waals surface area (Å²) in [5.74, 6) is 1.47. The van der Waals surface area contributed by atoms with Gasteiger partial charge in [-0.15, -0.1) is 0 Å². The van der Waals surface area contributed by atoms with Gasteiger partial charge in [0.15, 0.2) is 5.78 Å². The van der Waals surface area contributed by atoms with Gasteiger partial charge < -0.3 is 9.30 Å². The summed E-state index contributed by atoms with van der Waals surface area (Å²) in [5, 5.41) is 0. The van der Waals surface area contributed by atoms with Gasteiger partial charge in [0.2, 0.25) is 0 Å². The Morgan fingerprint density at radius 1 is 1.32 bits per heavy atom. The van der Waals surface area contributed by atoms with Crippen LogP contribution in [0.2, 0.25) is 0 Å². The van der Waals surface area contributed by atoms with Crippen molar-refractivity contribution in [3.05, 3.63) is 48.0 Å². The molecule has 0 amide bonds. The molecule has 4 nitrogen and oxygen atoms in total. The lowest BCUT2D eigenvalue weighted by atomic mass is 10.1. The predicted octanol–water partition coefficient (Wildman–Crippen LogP) is 2.73. The number of imidazole rings is 1. The largest absolute Gasteiger partial charge is 0.493 e. The van der Waals surface area contributed by atoms with E-state index in [4.69, 9.17) is 4.74 Å². The Morgan fingerprint density at radius 2 is 2.11 bits per heavy atom. The molecule has 0 saturated heterocycles. The van der Waals surface area contributed by atoms with Crippen molar-refractivity contribution in [3.8, 4) is 5.75 Å². The van der Waals surface area contributed by atoms with E-state index < -0.39 is 0 Å². The summed E-state index contributed by atoms with van der Waals surface area (Å²) >= 11 is 0. The summed E-state index contributed by atoms with van der Waals surface area (Å²) in [6, 6.07) is 7.34. The first-order valence-electron chi connectivity index (χ1n) is 6.51. The first kappa shape index (κ1) is 13.3. The number of Topliss-reactive ketones (excluding diaryl/α,β-unsaturated/α-hetero) is 1. The Kier molecular flexibility index (Phi) is 4.34. The van der Waals surface area contributed by atoms with Crippen molar-refractivity contribution in [2.24, 2.45) is 0 Å². The minimum atomic E-state index is 0.0324. The van der Waals surface area contributed by atoms with Gasteiger partial charge in [0.25, 0.3) is 0 Å². The van der Waals surface area contributed by atoms with Crippen LogP contribution in [0.5, 0.6) is 5.75 Å². The third kappa shape index (κ3) is 3.02. The second-order valence-corrected chi connectivity index (χ2v) is 4.16. The average Bonchev–Trinajstić information content (AvgIpc) is 2.87. The molecule has 2 rings (SSSR count). The van der Waals surface area contributed by atoms with E-state index in [-0.39, 0.29) is 5.78 Å². The number of hydrogen-bond acceptors (Lipinski definition) is 3. The molecule has 100 valence electrons. The molecule has 2 aromatic rings. The SMILES string of the molecule is CCOc1ccccc1C(=O)Cc1nccn1CC. The lowest BCUT2D eigenvalue weighted by molar-refractivity contribution is 0.0986. The summed E-state index contributed by atoms with van der Waals surface area (Å²) < 4.78 is 7.46. The fraction of sp³-hybridized carbons (Fsp3) is 0.333. The smallest absolute Gasteiger partial charge is 0.174 e. The van der Waals surface area contributed by atoms with Crippen LogP contribution in [-0.2, 0) is 13.0 Å². The van der Waals surface area contributed by atoms with Crippen LogP contribution in [0.3, 0.4) is 0 Å². The molecule has 0 spiro atoms. The molecular weight excluding hydrogens is 240 g/mol. The van der Waals surface area contributed by atoms with E-state index in [1.807, 2.05) is 42.8 Å². The Balaban J connectivity index is 2.20. The number of para-hydroxylation sites is 1. The predicted molar refractivity (Wildman–Crippen MR) is 73.5 cm³/mol. The lowest BCUT2D eigenvalue weighted by Crippen LogP contribution is -2.11. The average molecular weight is 258 g/mol. The number of ketones is 1. The van der Waals surface area contributed by atoms with Crippen LogP contribution in [0.4, 0.5) is 0 Å². The maximum Gasteiger partial charge on any atom is 0.174 e. The summed E-state index contributed by atoms with van der Waals surface area (Å²) in [6.45, 7) is 5.30. The molecule has 0 N–H and O–H groups in total. The molecule has 0 fully saturated rings. The highest BCUT2D eigenvalue weighted by Crippen LogP contribution is 2.19. The summed E-state index contributed by atoms with van der Waals surface area (Å²) in [4.78, 5) is 16.6. The minimum absolute atomic E-state index is 0.0324. The van der Waals surface area contributed by atoms with Gasteiger partial charge in [-0.3, -0.25) is 4.79 Å². The van der Waals surface area contributed by atoms with Gasteiger partial charge in [-0.1, -0.05) is 12.1 Å². The Morgan fingerprint density at radius 3 is 2.84 bits per heavy atom. The van der Waals surface area contributed by atoms with Crippen LogP contribution in [0.25, 0.3) is 0 Å². The third-order valence-corrected chi connectivity index (χ3v) is 2.95. The quantitative estimate of drug-likeness (QED) is 0.748. The molecule has 0 aliphatic rings. The molecular formula is C15H18N2O2. The Bertz CT molecular complexity index is 561. The highest BCUT2D eigenvalue weighted by Gasteiger charge is 2.14. The molecule has 0 atom stereocenters. The summed E-state index contributed by atoms with van der Waals surface area (Å²) in [6.07, 6.45) is 3.91. The van der Waals surface area contributed by atoms with E-state index in [9.17, 15) is 4.79 Å². The van der Waals surface area contributed by atoms with E-state index in [1.54, 1.807) is 12.3 Å². The van der Waals surface area contributed by atoms with Crippen molar-refractivity contribution in [2.45, 2.75) is 26.8 Å². The maximum atomic E-state index is 12.3. The Labute approximate surface area is 113 Å². The fourth-order valence-corrected chi connectivity index (χ4v) is 2.01. The number of carbonyl (C=O) groups excluding carboxylic acids is 1. The van der Waals surface area contributed by atoms with Gasteiger partial charge in [0.05, 0.1) is 18.6 Å². The van der Waals surface area contributed by atoms with Crippen molar-refractivity contribution >= 4 is 5.78 Å². The van der Waals surface area contributed by atoms with Gasteiger partial charge in [-0.05, 0) is 26.0 Å². The van der Waals surface area contributed by atoms with Crippen LogP contribution < -0.4 is 4.74 Å². The second-order valence-electron chi connectivity index (χ2n) is 4.16. The highest BCUT2D eigenvalue weighted by molar-refractivity contribution is 5.99. The molecule has 1 aromatic carbocycles. The van der Waals surface area contributed by atoms with Crippen molar-refractivity contribution in [2.75, 3.05) is 6.61 Å². The normalized spacial score (nSPS) is 10.4. The van der Waals surface area contributed by atoms with E-state index in [0.29, 0.717) is 24.3 Å². The van der Waals surface area contributed by atoms with Crippen LogP contribution in [0.15, 0.2) is 36.7 Å². The Hall–Kier alpha value is -2.10. The minimum Gasteiger partial charge on any atom is -0.493 e. The summed E-state index contributed by atoms with van der Waals surface area (Å²) in [5.41, 5.74) is 0.620. The number of aryl methyl sites for hydroxylation is 1. The van der Waals surface area contributed by atoms with Crippen LogP contribution in [-0.4, -0.2) is 21.9 Å². The van der Waals surface area contributed by atoms with Crippen LogP contribution >= 0.6 is 0 Å². The monoisotopic (exact) mass is 258 g/mol. The molecule has 1 heterocycles. The van der Waals surface area contributed by atoms with Crippen molar-refractivity contribution in [1.82, 2.24) is 9.55 Å². The molecule has 0 aliphatic heterocycles. The van der Waals surface area contributed by atoms with Gasteiger partial charge in [-0.2, -0.15) is 0 Å². The molecule has 0 bridgehead atoms. The van der Waals surface area contributed by atoms with E-state index in [0.717, 1.165) is 12.4 Å². The number of aromatic nitrogens is 2. The van der Waals surface area contributed by atoms with Gasteiger partial charge >= 0.3 is 0 Å². The van der Waals surface area contributed by atoms with Crippen LogP contribution in [0.1, 0.15) is 30.0 Å². The van der Waals surface area contributed by atoms with Crippen molar-refractivity contribution in [3.63, 3.8) is 0 Å². The number of rotatable bonds is 6. The zero-order chi connectivity index (χ0) is 13.7. The molecule has 1 aromatic heterocycles. The zero-order valence-electron chi connectivity index (χ0n) is 11.3. The molecule has 0 aliphatic carbocycles. The first-order valence-corrected chi connectivity index (χ1v) is 6.51. The second kappa shape index (κ2) is 6.18. The van der Waals surface area contributed by atoms with E-state index in [2.05, 4.69) is 4.98 Å². The van der Waals surface area contributed by atoms with Gasteiger partial charge in [0, 0.05) is 18.9 Å². The topological polar surface area (TPSA) is 44.1 Å². The number of carbonyl (C=O) groups is 1. The lowest BCUT2D eigenvalue weighted by Gasteiger charge is -2.09. The summed E-state index contributed by atoms with van der Waals surface area (Å²) in [7, 11) is 0. The number of hydrogen-bond donors (Lipinski definition) is 0. The van der Waals surface area contributed by atoms with Crippen molar-refractivity contribution in [1.29, 1.82) is 0 Å². The fourth-order valence-electron chi connectivity index (χ4n) is 2.01. The number of nitrogens with zero attached hydrogens (tertiary/aromatic N) is 2. The van der Waals surface area contributed by atoms with E-state index >= 15 is 0 Å². The molecule has 4 heteroatoms. The third-order valence-electron chi connectivity index (χ3n) is 2.95. The molecule has 0 radical (unpaired) electrons. The first-order chi connectivity index (χ1) is 9.26. The molecule has 0 saturated carbocycles.